The molecule has 0 radical (unpaired) electrons. The van der Waals surface area contributed by atoms with Crippen molar-refractivity contribution in [1.29, 1.82) is 0 Å². The first-order valence-electron chi connectivity index (χ1n) is 9.79. The number of benzene rings is 3. The molecule has 1 aliphatic carbocycles. The van der Waals surface area contributed by atoms with Crippen LogP contribution < -0.4 is 5.32 Å². The van der Waals surface area contributed by atoms with E-state index in [0.29, 0.717) is 0 Å². The van der Waals surface area contributed by atoms with E-state index >= 15 is 0 Å². The van der Waals surface area contributed by atoms with E-state index in [-0.39, 0.29) is 24.7 Å². The van der Waals surface area contributed by atoms with Gasteiger partial charge in [0.2, 0.25) is 0 Å². The second-order valence-electron chi connectivity index (χ2n) is 7.34. The van der Waals surface area contributed by atoms with Gasteiger partial charge in [-0.2, -0.15) is 0 Å². The number of hydrogen-bond acceptors (Lipinski definition) is 3. The summed E-state index contributed by atoms with van der Waals surface area (Å²) < 4.78 is 5.61. The number of ether oxygens (including phenoxy) is 1. The van der Waals surface area contributed by atoms with Crippen LogP contribution in [0.3, 0.4) is 0 Å². The molecule has 0 aliphatic heterocycles. The van der Waals surface area contributed by atoms with E-state index in [4.69, 9.17) is 4.74 Å². The number of hydrogen-bond donors (Lipinski definition) is 1. The molecule has 3 aromatic carbocycles. The van der Waals surface area contributed by atoms with Gasteiger partial charge in [-0.1, -0.05) is 78.9 Å². The maximum atomic E-state index is 12.5. The van der Waals surface area contributed by atoms with Crippen LogP contribution in [0.2, 0.25) is 0 Å². The number of amides is 1. The van der Waals surface area contributed by atoms with Gasteiger partial charge in [-0.25, -0.2) is 4.79 Å². The lowest BCUT2D eigenvalue weighted by Gasteiger charge is -2.19. The third-order valence-electron chi connectivity index (χ3n) is 5.33. The summed E-state index contributed by atoms with van der Waals surface area (Å²) >= 11 is 0. The zero-order valence-electron chi connectivity index (χ0n) is 16.3. The Morgan fingerprint density at radius 2 is 1.41 bits per heavy atom. The summed E-state index contributed by atoms with van der Waals surface area (Å²) in [4.78, 5) is 24.2. The van der Waals surface area contributed by atoms with Crippen LogP contribution in [-0.2, 0) is 9.53 Å². The maximum Gasteiger partial charge on any atom is 0.407 e. The molecule has 0 unspecified atom stereocenters. The van der Waals surface area contributed by atoms with Gasteiger partial charge in [0, 0.05) is 12.3 Å². The smallest absolute Gasteiger partial charge is 0.407 e. The first kappa shape index (κ1) is 18.9. The number of alkyl carbamates (subject to hydrolysis) is 1. The van der Waals surface area contributed by atoms with Crippen molar-refractivity contribution in [3.8, 4) is 11.1 Å². The third-order valence-corrected chi connectivity index (χ3v) is 5.33. The fraction of sp³-hybridized carbons (Fsp3) is 0.200. The molecule has 0 bridgehead atoms. The van der Waals surface area contributed by atoms with E-state index < -0.39 is 12.1 Å². The summed E-state index contributed by atoms with van der Waals surface area (Å²) in [6.07, 6.45) is -0.282. The van der Waals surface area contributed by atoms with Gasteiger partial charge in [-0.05, 0) is 34.7 Å². The van der Waals surface area contributed by atoms with Crippen molar-refractivity contribution in [3.05, 3.63) is 95.6 Å². The Bertz CT molecular complexity index is 984. The molecular formula is C25H23NO3. The minimum absolute atomic E-state index is 0.0103. The third kappa shape index (κ3) is 4.06. The highest BCUT2D eigenvalue weighted by atomic mass is 16.5. The maximum absolute atomic E-state index is 12.5. The molecule has 1 N–H and O–H groups in total. The minimum atomic E-state index is -0.512. The summed E-state index contributed by atoms with van der Waals surface area (Å²) in [5.41, 5.74) is 5.61. The van der Waals surface area contributed by atoms with Crippen LogP contribution in [0.15, 0.2) is 78.9 Å². The van der Waals surface area contributed by atoms with Crippen LogP contribution in [0.5, 0.6) is 0 Å². The zero-order chi connectivity index (χ0) is 20.2. The fourth-order valence-electron chi connectivity index (χ4n) is 4.01. The van der Waals surface area contributed by atoms with E-state index in [2.05, 4.69) is 29.6 Å². The Hall–Kier alpha value is -3.40. The molecular weight excluding hydrogens is 362 g/mol. The Balaban J connectivity index is 1.47. The van der Waals surface area contributed by atoms with Crippen molar-refractivity contribution in [2.75, 3.05) is 6.61 Å². The topological polar surface area (TPSA) is 55.4 Å². The standard InChI is InChI=1S/C25H23NO3/c1-17(27)15-24(18-9-3-2-4-10-18)26-25(28)29-16-23-21-13-7-5-11-19(21)20-12-6-8-14-22(20)23/h2-14,23-24H,15-16H2,1H3,(H,26,28)/t24-/m0/s1. The Morgan fingerprint density at radius 3 is 2.00 bits per heavy atom. The van der Waals surface area contributed by atoms with E-state index in [1.807, 2.05) is 54.6 Å². The first-order valence-corrected chi connectivity index (χ1v) is 9.79. The van der Waals surface area contributed by atoms with Gasteiger partial charge >= 0.3 is 6.09 Å². The summed E-state index contributed by atoms with van der Waals surface area (Å²) in [5, 5.41) is 2.85. The van der Waals surface area contributed by atoms with Gasteiger partial charge < -0.3 is 10.1 Å². The van der Waals surface area contributed by atoms with Gasteiger partial charge in [-0.15, -0.1) is 0 Å². The molecule has 0 heterocycles. The van der Waals surface area contributed by atoms with Gasteiger partial charge in [0.15, 0.2) is 0 Å². The summed E-state index contributed by atoms with van der Waals surface area (Å²) in [6, 6.07) is 25.5. The van der Waals surface area contributed by atoms with Gasteiger partial charge in [0.25, 0.3) is 0 Å². The molecule has 146 valence electrons. The number of carbonyl (C=O) groups excluding carboxylic acids is 2. The van der Waals surface area contributed by atoms with E-state index in [0.717, 1.165) is 5.56 Å². The molecule has 1 atom stereocenters. The molecule has 29 heavy (non-hydrogen) atoms. The van der Waals surface area contributed by atoms with Crippen molar-refractivity contribution < 1.29 is 14.3 Å². The van der Waals surface area contributed by atoms with Crippen LogP contribution in [-0.4, -0.2) is 18.5 Å². The summed E-state index contributed by atoms with van der Waals surface area (Å²) in [7, 11) is 0. The van der Waals surface area contributed by atoms with Crippen LogP contribution in [0.1, 0.15) is 42.0 Å². The highest BCUT2D eigenvalue weighted by molar-refractivity contribution is 5.79. The van der Waals surface area contributed by atoms with Crippen LogP contribution in [0, 0.1) is 0 Å². The molecule has 1 aliphatic rings. The number of nitrogens with one attached hydrogen (secondary N) is 1. The molecule has 4 nitrogen and oxygen atoms in total. The summed E-state index contributed by atoms with van der Waals surface area (Å²) in [5.74, 6) is 0.0222. The Kier molecular flexibility index (Phi) is 5.43. The quantitative estimate of drug-likeness (QED) is 0.631. The molecule has 0 aromatic heterocycles. The van der Waals surface area contributed by atoms with Crippen molar-refractivity contribution in [2.45, 2.75) is 25.3 Å². The minimum Gasteiger partial charge on any atom is -0.449 e. The molecule has 0 saturated heterocycles. The second kappa shape index (κ2) is 8.31. The number of fused-ring (bicyclic) bond motifs is 3. The number of Topliss-reactive ketones (excluding diaryl/α,β-unsaturated/α-hetero) is 1. The van der Waals surface area contributed by atoms with Gasteiger partial charge in [-0.3, -0.25) is 4.79 Å². The first-order chi connectivity index (χ1) is 14.1. The van der Waals surface area contributed by atoms with Gasteiger partial charge in [0.1, 0.15) is 12.4 Å². The number of carbonyl (C=O) groups is 2. The lowest BCUT2D eigenvalue weighted by Crippen LogP contribution is -2.31. The number of rotatable bonds is 6. The van der Waals surface area contributed by atoms with Crippen LogP contribution in [0.25, 0.3) is 11.1 Å². The lowest BCUT2D eigenvalue weighted by atomic mass is 9.98. The second-order valence-corrected chi connectivity index (χ2v) is 7.34. The molecule has 4 rings (SSSR count). The van der Waals surface area contributed by atoms with E-state index in [1.54, 1.807) is 0 Å². The highest BCUT2D eigenvalue weighted by Crippen LogP contribution is 2.44. The zero-order valence-corrected chi connectivity index (χ0v) is 16.3. The normalized spacial score (nSPS) is 13.3. The monoisotopic (exact) mass is 385 g/mol. The lowest BCUT2D eigenvalue weighted by molar-refractivity contribution is -0.117. The van der Waals surface area contributed by atoms with Crippen molar-refractivity contribution in [2.24, 2.45) is 0 Å². The van der Waals surface area contributed by atoms with Crippen LogP contribution in [0.4, 0.5) is 4.79 Å². The highest BCUT2D eigenvalue weighted by Gasteiger charge is 2.29. The molecule has 0 spiro atoms. The molecule has 0 fully saturated rings. The van der Waals surface area contributed by atoms with E-state index in [1.165, 1.54) is 29.2 Å². The van der Waals surface area contributed by atoms with Gasteiger partial charge in [0.05, 0.1) is 6.04 Å². The van der Waals surface area contributed by atoms with Crippen molar-refractivity contribution in [1.82, 2.24) is 5.32 Å². The average molecular weight is 385 g/mol. The Labute approximate surface area is 170 Å². The van der Waals surface area contributed by atoms with E-state index in [9.17, 15) is 9.59 Å². The predicted molar refractivity (Wildman–Crippen MR) is 113 cm³/mol. The number of ketones is 1. The molecule has 4 heteroatoms. The largest absolute Gasteiger partial charge is 0.449 e. The van der Waals surface area contributed by atoms with Crippen molar-refractivity contribution >= 4 is 11.9 Å². The molecule has 0 saturated carbocycles. The predicted octanol–water partition coefficient (Wildman–Crippen LogP) is 5.25. The fourth-order valence-corrected chi connectivity index (χ4v) is 4.01. The van der Waals surface area contributed by atoms with Crippen LogP contribution >= 0.6 is 0 Å². The van der Waals surface area contributed by atoms with Crippen molar-refractivity contribution in [3.63, 3.8) is 0 Å². The Morgan fingerprint density at radius 1 is 0.862 bits per heavy atom. The molecule has 3 aromatic rings. The average Bonchev–Trinajstić information content (AvgIpc) is 3.06. The molecule has 1 amide bonds. The summed E-state index contributed by atoms with van der Waals surface area (Å²) in [6.45, 7) is 1.77. The SMILES string of the molecule is CC(=O)C[C@H](NC(=O)OCC1c2ccccc2-c2ccccc21)c1ccccc1.